The zero-order chi connectivity index (χ0) is 33.6. The number of nitrogens with zero attached hydrogens (tertiary/aromatic N) is 2. The van der Waals surface area contributed by atoms with Crippen LogP contribution in [0.15, 0.2) is 66.9 Å². The first kappa shape index (κ1) is 34.2. The molecule has 3 amide bonds. The number of carbonyl (C=O) groups is 4. The Bertz CT molecular complexity index is 1750. The number of Topliss-reactive ketones (excluding diaryl/α,β-unsaturated/α-hetero) is 1. The highest BCUT2D eigenvalue weighted by molar-refractivity contribution is 7.87. The molecule has 1 saturated heterocycles. The van der Waals surface area contributed by atoms with E-state index in [-0.39, 0.29) is 18.5 Å². The summed E-state index contributed by atoms with van der Waals surface area (Å²) in [5, 5.41) is 16.4. The minimum Gasteiger partial charge on any atom is -0.321 e. The van der Waals surface area contributed by atoms with Crippen molar-refractivity contribution in [2.75, 3.05) is 6.54 Å². The van der Waals surface area contributed by atoms with Gasteiger partial charge < -0.3 is 16.8 Å². The van der Waals surface area contributed by atoms with Gasteiger partial charge in [0.15, 0.2) is 5.78 Å². The van der Waals surface area contributed by atoms with E-state index in [1.165, 1.54) is 0 Å². The van der Waals surface area contributed by atoms with Crippen molar-refractivity contribution in [1.29, 1.82) is 5.41 Å². The van der Waals surface area contributed by atoms with Gasteiger partial charge >= 0.3 is 0 Å². The fourth-order valence-electron chi connectivity index (χ4n) is 5.16. The summed E-state index contributed by atoms with van der Waals surface area (Å²) in [6.45, 7) is 4.23. The molecule has 3 aromatic rings. The average Bonchev–Trinajstić information content (AvgIpc) is 3.56. The maximum absolute atomic E-state index is 14.4. The number of carbonyl (C=O) groups excluding carboxylic acids is 4. The second-order valence-corrected chi connectivity index (χ2v) is 12.1. The molecule has 0 bridgehead atoms. The van der Waals surface area contributed by atoms with Crippen molar-refractivity contribution in [3.05, 3.63) is 107 Å². The van der Waals surface area contributed by atoms with Crippen molar-refractivity contribution in [2.24, 2.45) is 16.6 Å². The van der Waals surface area contributed by atoms with Crippen LogP contribution in [0.1, 0.15) is 55.9 Å². The van der Waals surface area contributed by atoms with Crippen LogP contribution in [0.2, 0.25) is 0 Å². The molecule has 0 saturated carbocycles. The van der Waals surface area contributed by atoms with Crippen molar-refractivity contribution < 1.29 is 27.6 Å². The van der Waals surface area contributed by atoms with E-state index in [0.717, 1.165) is 6.20 Å². The molecule has 0 spiro atoms. The van der Waals surface area contributed by atoms with Crippen molar-refractivity contribution in [3.63, 3.8) is 0 Å². The van der Waals surface area contributed by atoms with Crippen LogP contribution in [0.25, 0.3) is 0 Å². The molecule has 46 heavy (non-hydrogen) atoms. The fraction of sp³-hybridized carbons (Fsp3) is 0.258. The van der Waals surface area contributed by atoms with Crippen LogP contribution >= 0.6 is 0 Å². The SMILES string of the molecule is [CH2]c1ncc(C(=N)NS(N)(=O)=O)c(C(=O)[C@@H](N)Cc2ccccc2)c1C(=O)N(C(=O)[C@@H]1CCCN1)C(=O)[C@@H](N)Cc1ccccc1. The number of pyridine rings is 1. The highest BCUT2D eigenvalue weighted by Gasteiger charge is 2.41. The number of imide groups is 3. The van der Waals surface area contributed by atoms with E-state index < -0.39 is 74.4 Å². The summed E-state index contributed by atoms with van der Waals surface area (Å²) in [6, 6.07) is 13.9. The number of benzene rings is 2. The molecule has 9 N–H and O–H groups in total. The molecule has 2 aromatic carbocycles. The number of ketones is 1. The maximum Gasteiger partial charge on any atom is 0.297 e. The first-order valence-electron chi connectivity index (χ1n) is 14.3. The third-order valence-electron chi connectivity index (χ3n) is 7.38. The molecule has 1 radical (unpaired) electrons. The zero-order valence-corrected chi connectivity index (χ0v) is 25.6. The third-order valence-corrected chi connectivity index (χ3v) is 7.87. The Balaban J connectivity index is 1.85. The first-order valence-corrected chi connectivity index (χ1v) is 15.9. The predicted molar refractivity (Wildman–Crippen MR) is 170 cm³/mol. The van der Waals surface area contributed by atoms with E-state index >= 15 is 0 Å². The summed E-state index contributed by atoms with van der Waals surface area (Å²) < 4.78 is 25.4. The number of amidine groups is 1. The Morgan fingerprint density at radius 3 is 2.07 bits per heavy atom. The normalized spacial score (nSPS) is 15.9. The number of hydrogen-bond donors (Lipinski definition) is 6. The van der Waals surface area contributed by atoms with Crippen LogP contribution < -0.4 is 26.6 Å². The minimum atomic E-state index is -4.51. The van der Waals surface area contributed by atoms with Crippen LogP contribution in [-0.4, -0.2) is 72.3 Å². The van der Waals surface area contributed by atoms with Gasteiger partial charge in [-0.15, -0.1) is 0 Å². The molecule has 1 fully saturated rings. The molecule has 1 aliphatic rings. The van der Waals surface area contributed by atoms with Crippen LogP contribution in [0, 0.1) is 12.3 Å². The second-order valence-electron chi connectivity index (χ2n) is 10.8. The van der Waals surface area contributed by atoms with Crippen molar-refractivity contribution in [2.45, 2.75) is 43.8 Å². The van der Waals surface area contributed by atoms with Gasteiger partial charge in [-0.1, -0.05) is 60.7 Å². The molecule has 1 aromatic heterocycles. The van der Waals surface area contributed by atoms with Gasteiger partial charge in [0.1, 0.15) is 5.84 Å². The number of amides is 3. The minimum absolute atomic E-state index is 0.00693. The monoisotopic (exact) mass is 647 g/mol. The lowest BCUT2D eigenvalue weighted by molar-refractivity contribution is -0.143. The van der Waals surface area contributed by atoms with Crippen molar-refractivity contribution >= 4 is 39.5 Å². The van der Waals surface area contributed by atoms with Gasteiger partial charge in [-0.2, -0.15) is 8.42 Å². The molecule has 4 rings (SSSR count). The molecule has 15 heteroatoms. The summed E-state index contributed by atoms with van der Waals surface area (Å²) >= 11 is 0. The standard InChI is InChI=1S/C31H35N8O6S/c1-18-25(31(43)39(30(42)24-13-8-14-36-24)29(41)23(33)16-20-11-6-3-7-12-20)26(21(17-37-18)28(34)38-46(35,44)45)27(40)22(32)15-19-9-4-2-5-10-19/h2-7,9-12,17,22-24,36H,1,8,13-16,32-33H2,(H2,34,38)(H2,35,44,45)/t22-,23-,24-/m0/s1. The van der Waals surface area contributed by atoms with E-state index in [1.807, 2.05) is 0 Å². The highest BCUT2D eigenvalue weighted by atomic mass is 32.2. The highest BCUT2D eigenvalue weighted by Crippen LogP contribution is 2.24. The molecule has 14 nitrogen and oxygen atoms in total. The Hall–Kier alpha value is -4.67. The molecule has 3 atom stereocenters. The van der Waals surface area contributed by atoms with Crippen molar-refractivity contribution in [3.8, 4) is 0 Å². The number of aromatic nitrogens is 1. The van der Waals surface area contributed by atoms with Gasteiger partial charge in [0.25, 0.3) is 27.9 Å². The smallest absolute Gasteiger partial charge is 0.297 e. The van der Waals surface area contributed by atoms with Gasteiger partial charge in [0.05, 0.1) is 29.4 Å². The lowest BCUT2D eigenvalue weighted by Crippen LogP contribution is -2.55. The summed E-state index contributed by atoms with van der Waals surface area (Å²) in [6.07, 6.45) is 1.87. The summed E-state index contributed by atoms with van der Waals surface area (Å²) in [7, 11) is -4.51. The van der Waals surface area contributed by atoms with Crippen LogP contribution in [0.4, 0.5) is 0 Å². The molecule has 2 heterocycles. The fourth-order valence-corrected chi connectivity index (χ4v) is 5.56. The van der Waals surface area contributed by atoms with Gasteiger partial charge in [-0.3, -0.25) is 34.3 Å². The predicted octanol–water partition coefficient (Wildman–Crippen LogP) is -0.0476. The topological polar surface area (TPSA) is 245 Å². The van der Waals surface area contributed by atoms with Gasteiger partial charge in [-0.25, -0.2) is 10.0 Å². The molecule has 1 aliphatic heterocycles. The maximum atomic E-state index is 14.4. The number of nitrogens with one attached hydrogen (secondary N) is 3. The summed E-state index contributed by atoms with van der Waals surface area (Å²) in [5.41, 5.74) is 12.0. The van der Waals surface area contributed by atoms with Crippen LogP contribution in [0.3, 0.4) is 0 Å². The lowest BCUT2D eigenvalue weighted by atomic mass is 9.90. The van der Waals surface area contributed by atoms with E-state index in [1.54, 1.807) is 65.4 Å². The molecular weight excluding hydrogens is 612 g/mol. The third kappa shape index (κ3) is 8.13. The number of nitrogens with two attached hydrogens (primary N) is 3. The zero-order valence-electron chi connectivity index (χ0n) is 24.8. The molecule has 0 aliphatic carbocycles. The average molecular weight is 648 g/mol. The van der Waals surface area contributed by atoms with Crippen LogP contribution in [0.5, 0.6) is 0 Å². The van der Waals surface area contributed by atoms with Gasteiger partial charge in [0, 0.05) is 17.3 Å². The van der Waals surface area contributed by atoms with E-state index in [4.69, 9.17) is 22.0 Å². The second kappa shape index (κ2) is 14.6. The Kier molecular flexibility index (Phi) is 10.9. The summed E-state index contributed by atoms with van der Waals surface area (Å²) in [5.74, 6) is -5.01. The lowest BCUT2D eigenvalue weighted by Gasteiger charge is -2.27. The Morgan fingerprint density at radius 1 is 0.978 bits per heavy atom. The Morgan fingerprint density at radius 2 is 1.54 bits per heavy atom. The molecule has 241 valence electrons. The quantitative estimate of drug-likeness (QED) is 0.0701. The number of rotatable bonds is 11. The molecular formula is C31H35N8O6S. The number of hydrogen-bond acceptors (Lipinski definition) is 11. The van der Waals surface area contributed by atoms with Gasteiger partial charge in [0.2, 0.25) is 0 Å². The largest absolute Gasteiger partial charge is 0.321 e. The van der Waals surface area contributed by atoms with E-state index in [0.29, 0.717) is 35.4 Å². The van der Waals surface area contributed by atoms with E-state index in [9.17, 15) is 27.6 Å². The van der Waals surface area contributed by atoms with Gasteiger partial charge in [-0.05, 0) is 50.3 Å². The van der Waals surface area contributed by atoms with E-state index in [2.05, 4.69) is 17.2 Å². The van der Waals surface area contributed by atoms with Crippen molar-refractivity contribution in [1.82, 2.24) is 19.9 Å². The van der Waals surface area contributed by atoms with Crippen LogP contribution in [-0.2, 0) is 32.6 Å². The first-order chi connectivity index (χ1) is 21.8. The Labute approximate surface area is 266 Å². The molecule has 0 unspecified atom stereocenters. The summed E-state index contributed by atoms with van der Waals surface area (Å²) in [4.78, 5) is 60.5.